The van der Waals surface area contributed by atoms with E-state index in [0.717, 1.165) is 34.1 Å². The molecule has 0 radical (unpaired) electrons. The van der Waals surface area contributed by atoms with E-state index < -0.39 is 0 Å². The fourth-order valence-corrected chi connectivity index (χ4v) is 6.00. The second-order valence-electron chi connectivity index (χ2n) is 13.0. The first-order valence-corrected chi connectivity index (χ1v) is 15.6. The SMILES string of the molecule is CC1(C)CB(c2cccc(-c3ccc(-c4cccc(-c5nc(-c6ccccc6)nc(-c6ccccc6)n5)c4)cc3)c2)OC1(C)C. The lowest BCUT2D eigenvalue weighted by atomic mass is 9.54. The molecule has 0 atom stereocenters. The van der Waals surface area contributed by atoms with E-state index in [-0.39, 0.29) is 17.9 Å². The summed E-state index contributed by atoms with van der Waals surface area (Å²) in [5, 5.41) is 0. The summed E-state index contributed by atoms with van der Waals surface area (Å²) in [6, 6.07) is 46.2. The molecule has 1 fully saturated rings. The second-order valence-corrected chi connectivity index (χ2v) is 13.0. The number of hydrogen-bond donors (Lipinski definition) is 0. The van der Waals surface area contributed by atoms with Crippen LogP contribution in [0.3, 0.4) is 0 Å². The minimum Gasteiger partial charge on any atom is -0.426 e. The third-order valence-corrected chi connectivity index (χ3v) is 9.39. The van der Waals surface area contributed by atoms with Crippen LogP contribution in [0.1, 0.15) is 27.7 Å². The van der Waals surface area contributed by atoms with Crippen molar-refractivity contribution in [3.63, 3.8) is 0 Å². The van der Waals surface area contributed by atoms with Gasteiger partial charge in [0.1, 0.15) is 0 Å². The van der Waals surface area contributed by atoms with Crippen molar-refractivity contribution in [2.24, 2.45) is 5.41 Å². The summed E-state index contributed by atoms with van der Waals surface area (Å²) in [5.41, 5.74) is 8.71. The van der Waals surface area contributed by atoms with Gasteiger partial charge in [-0.3, -0.25) is 0 Å². The Morgan fingerprint density at radius 1 is 0.467 bits per heavy atom. The molecule has 0 amide bonds. The van der Waals surface area contributed by atoms with E-state index in [4.69, 9.17) is 19.6 Å². The lowest BCUT2D eigenvalue weighted by molar-refractivity contribution is 0.0375. The molecule has 5 aromatic carbocycles. The molecular formula is C40H36BN3O. The Bertz CT molecular complexity index is 1880. The molecule has 2 heterocycles. The van der Waals surface area contributed by atoms with Crippen LogP contribution >= 0.6 is 0 Å². The summed E-state index contributed by atoms with van der Waals surface area (Å²) >= 11 is 0. The van der Waals surface area contributed by atoms with Crippen molar-refractivity contribution < 1.29 is 4.65 Å². The Kier molecular flexibility index (Phi) is 7.43. The summed E-state index contributed by atoms with van der Waals surface area (Å²) in [6.45, 7) is 9.12. The number of nitrogens with zero attached hydrogens (tertiary/aromatic N) is 3. The minimum atomic E-state index is -0.155. The summed E-state index contributed by atoms with van der Waals surface area (Å²) in [6.07, 6.45) is 1.01. The van der Waals surface area contributed by atoms with E-state index in [0.29, 0.717) is 17.5 Å². The molecular weight excluding hydrogens is 549 g/mol. The Hall–Kier alpha value is -4.87. The van der Waals surface area contributed by atoms with Gasteiger partial charge in [-0.25, -0.2) is 15.0 Å². The Balaban J connectivity index is 1.19. The van der Waals surface area contributed by atoms with Crippen molar-refractivity contribution >= 4 is 12.4 Å². The van der Waals surface area contributed by atoms with Gasteiger partial charge in [0.2, 0.25) is 0 Å². The lowest BCUT2D eigenvalue weighted by Crippen LogP contribution is -2.36. The van der Waals surface area contributed by atoms with E-state index in [1.807, 2.05) is 60.7 Å². The molecule has 0 saturated carbocycles. The van der Waals surface area contributed by atoms with E-state index >= 15 is 0 Å². The van der Waals surface area contributed by atoms with Gasteiger partial charge in [0.05, 0.1) is 5.60 Å². The van der Waals surface area contributed by atoms with Crippen LogP contribution in [0, 0.1) is 5.41 Å². The minimum absolute atomic E-state index is 0.109. The van der Waals surface area contributed by atoms with E-state index in [1.54, 1.807) is 0 Å². The highest BCUT2D eigenvalue weighted by molar-refractivity contribution is 6.68. The maximum atomic E-state index is 6.52. The summed E-state index contributed by atoms with van der Waals surface area (Å²) < 4.78 is 6.52. The normalized spacial score (nSPS) is 15.2. The van der Waals surface area contributed by atoms with E-state index in [2.05, 4.69) is 100 Å². The number of benzene rings is 5. The molecule has 1 aromatic heterocycles. The van der Waals surface area contributed by atoms with Crippen molar-refractivity contribution in [2.75, 3.05) is 0 Å². The average molecular weight is 586 g/mol. The zero-order chi connectivity index (χ0) is 31.0. The zero-order valence-corrected chi connectivity index (χ0v) is 26.2. The van der Waals surface area contributed by atoms with Crippen LogP contribution in [0.5, 0.6) is 0 Å². The Labute approximate surface area is 266 Å². The molecule has 6 aromatic rings. The van der Waals surface area contributed by atoms with Crippen LogP contribution in [0.4, 0.5) is 0 Å². The van der Waals surface area contributed by atoms with Crippen LogP contribution in [-0.4, -0.2) is 27.5 Å². The number of aromatic nitrogens is 3. The third-order valence-electron chi connectivity index (χ3n) is 9.39. The predicted octanol–water partition coefficient (Wildman–Crippen LogP) is 9.24. The average Bonchev–Trinajstić information content (AvgIpc) is 3.31. The van der Waals surface area contributed by atoms with E-state index in [1.165, 1.54) is 16.6 Å². The smallest absolute Gasteiger partial charge is 0.327 e. The molecule has 0 N–H and O–H groups in total. The molecule has 220 valence electrons. The van der Waals surface area contributed by atoms with Crippen molar-refractivity contribution in [2.45, 2.75) is 39.6 Å². The van der Waals surface area contributed by atoms with Gasteiger partial charge >= 0.3 is 6.92 Å². The molecule has 1 aliphatic heterocycles. The van der Waals surface area contributed by atoms with Gasteiger partial charge in [-0.2, -0.15) is 0 Å². The van der Waals surface area contributed by atoms with Crippen molar-refractivity contribution in [1.29, 1.82) is 0 Å². The predicted molar refractivity (Wildman–Crippen MR) is 186 cm³/mol. The second kappa shape index (κ2) is 11.6. The number of rotatable bonds is 6. The first-order chi connectivity index (χ1) is 21.8. The maximum absolute atomic E-state index is 6.52. The third kappa shape index (κ3) is 5.84. The molecule has 0 spiro atoms. The maximum Gasteiger partial charge on any atom is 0.327 e. The van der Waals surface area contributed by atoms with Gasteiger partial charge in [0, 0.05) is 16.7 Å². The monoisotopic (exact) mass is 585 g/mol. The summed E-state index contributed by atoms with van der Waals surface area (Å²) in [7, 11) is 0. The van der Waals surface area contributed by atoms with Gasteiger partial charge in [0.25, 0.3) is 0 Å². The van der Waals surface area contributed by atoms with Crippen molar-refractivity contribution in [3.8, 4) is 56.4 Å². The first-order valence-electron chi connectivity index (χ1n) is 15.6. The van der Waals surface area contributed by atoms with Crippen LogP contribution in [0.25, 0.3) is 56.4 Å². The lowest BCUT2D eigenvalue weighted by Gasteiger charge is -2.34. The standard InChI is InChI=1S/C40H36BN3O/c1-39(2)27-41(45-40(39,3)4)35-20-12-18-33(26-35)29-23-21-28(22-24-29)32-17-11-19-34(25-32)38-43-36(30-13-7-5-8-14-30)42-37(44-38)31-15-9-6-10-16-31/h5-26H,27H2,1-4H3. The topological polar surface area (TPSA) is 47.9 Å². The molecule has 1 saturated heterocycles. The molecule has 45 heavy (non-hydrogen) atoms. The summed E-state index contributed by atoms with van der Waals surface area (Å²) in [4.78, 5) is 14.7. The highest BCUT2D eigenvalue weighted by Crippen LogP contribution is 2.45. The molecule has 1 aliphatic rings. The fourth-order valence-electron chi connectivity index (χ4n) is 6.00. The molecule has 0 unspecified atom stereocenters. The molecule has 7 rings (SSSR count). The van der Waals surface area contributed by atoms with Crippen LogP contribution in [0.15, 0.2) is 133 Å². The van der Waals surface area contributed by atoms with Crippen LogP contribution < -0.4 is 5.46 Å². The molecule has 5 heteroatoms. The number of hydrogen-bond acceptors (Lipinski definition) is 4. The highest BCUT2D eigenvalue weighted by Gasteiger charge is 2.49. The van der Waals surface area contributed by atoms with Crippen LogP contribution in [-0.2, 0) is 4.65 Å². The summed E-state index contributed by atoms with van der Waals surface area (Å²) in [5.74, 6) is 1.97. The first kappa shape index (κ1) is 28.9. The van der Waals surface area contributed by atoms with E-state index in [9.17, 15) is 0 Å². The molecule has 0 aliphatic carbocycles. The van der Waals surface area contributed by atoms with Gasteiger partial charge in [-0.05, 0) is 59.4 Å². The van der Waals surface area contributed by atoms with Crippen molar-refractivity contribution in [3.05, 3.63) is 133 Å². The fraction of sp³-hybridized carbons (Fsp3) is 0.175. The molecule has 0 bridgehead atoms. The van der Waals surface area contributed by atoms with Gasteiger partial charge < -0.3 is 4.65 Å². The van der Waals surface area contributed by atoms with Gasteiger partial charge in [0.15, 0.2) is 17.5 Å². The highest BCUT2D eigenvalue weighted by atomic mass is 16.5. The Morgan fingerprint density at radius 2 is 0.911 bits per heavy atom. The van der Waals surface area contributed by atoms with Gasteiger partial charge in [-0.15, -0.1) is 0 Å². The van der Waals surface area contributed by atoms with Crippen LogP contribution in [0.2, 0.25) is 6.32 Å². The molecule has 4 nitrogen and oxygen atoms in total. The largest absolute Gasteiger partial charge is 0.426 e. The van der Waals surface area contributed by atoms with Gasteiger partial charge in [-0.1, -0.05) is 141 Å². The Morgan fingerprint density at radius 3 is 1.42 bits per heavy atom. The quantitative estimate of drug-likeness (QED) is 0.183. The zero-order valence-electron chi connectivity index (χ0n) is 26.2. The van der Waals surface area contributed by atoms with Crippen molar-refractivity contribution in [1.82, 2.24) is 15.0 Å².